The molecule has 6 nitrogen and oxygen atoms in total. The number of aromatic carboxylic acids is 1. The van der Waals surface area contributed by atoms with Crippen LogP contribution in [0.25, 0.3) is 0 Å². The molecule has 0 aliphatic rings. The molecule has 0 spiro atoms. The van der Waals surface area contributed by atoms with Crippen molar-refractivity contribution in [3.05, 3.63) is 62.7 Å². The fraction of sp³-hybridized carbons (Fsp3) is 0.0714. The van der Waals surface area contributed by atoms with Gasteiger partial charge < -0.3 is 9.84 Å². The quantitative estimate of drug-likeness (QED) is 0.680. The zero-order valence-corrected chi connectivity index (χ0v) is 11.6. The fourth-order valence-corrected chi connectivity index (χ4v) is 1.97. The molecule has 0 fully saturated rings. The van der Waals surface area contributed by atoms with Crippen LogP contribution in [0.3, 0.4) is 0 Å². The standard InChI is InChI=1S/C14H10ClNO5/c1-8-10(14(17)18)3-2-4-12(8)21-13-6-5-9(16(19)20)7-11(13)15/h2-7H,1H3,(H,17,18). The zero-order valence-electron chi connectivity index (χ0n) is 10.9. The topological polar surface area (TPSA) is 89.7 Å². The molecule has 0 aliphatic heterocycles. The summed E-state index contributed by atoms with van der Waals surface area (Å²) in [6.07, 6.45) is 0. The molecule has 0 radical (unpaired) electrons. The van der Waals surface area contributed by atoms with Crippen molar-refractivity contribution in [2.75, 3.05) is 0 Å². The van der Waals surface area contributed by atoms with Crippen molar-refractivity contribution < 1.29 is 19.6 Å². The predicted molar refractivity (Wildman–Crippen MR) is 76.3 cm³/mol. The van der Waals surface area contributed by atoms with Gasteiger partial charge in [0.2, 0.25) is 0 Å². The Morgan fingerprint density at radius 2 is 2.00 bits per heavy atom. The van der Waals surface area contributed by atoms with E-state index in [1.54, 1.807) is 19.1 Å². The number of halogens is 1. The van der Waals surface area contributed by atoms with Crippen LogP contribution in [0.5, 0.6) is 11.5 Å². The lowest BCUT2D eigenvalue weighted by atomic mass is 10.1. The highest BCUT2D eigenvalue weighted by molar-refractivity contribution is 6.32. The van der Waals surface area contributed by atoms with Gasteiger partial charge in [0.05, 0.1) is 15.5 Å². The highest BCUT2D eigenvalue weighted by Crippen LogP contribution is 2.34. The van der Waals surface area contributed by atoms with E-state index in [9.17, 15) is 14.9 Å². The number of carboxylic acids is 1. The lowest BCUT2D eigenvalue weighted by molar-refractivity contribution is -0.384. The van der Waals surface area contributed by atoms with Gasteiger partial charge in [0.25, 0.3) is 5.69 Å². The minimum Gasteiger partial charge on any atom is -0.478 e. The number of ether oxygens (including phenoxy) is 1. The van der Waals surface area contributed by atoms with Gasteiger partial charge in [-0.15, -0.1) is 0 Å². The van der Waals surface area contributed by atoms with Crippen LogP contribution in [0.2, 0.25) is 5.02 Å². The van der Waals surface area contributed by atoms with Crippen LogP contribution < -0.4 is 4.74 Å². The smallest absolute Gasteiger partial charge is 0.336 e. The highest BCUT2D eigenvalue weighted by atomic mass is 35.5. The molecule has 0 saturated carbocycles. The van der Waals surface area contributed by atoms with Crippen LogP contribution in [0.15, 0.2) is 36.4 Å². The maximum atomic E-state index is 11.1. The molecule has 21 heavy (non-hydrogen) atoms. The summed E-state index contributed by atoms with van der Waals surface area (Å²) in [6, 6.07) is 8.41. The Bertz CT molecular complexity index is 729. The summed E-state index contributed by atoms with van der Waals surface area (Å²) < 4.78 is 5.55. The van der Waals surface area contributed by atoms with Crippen LogP contribution in [-0.2, 0) is 0 Å². The van der Waals surface area contributed by atoms with E-state index in [0.29, 0.717) is 11.3 Å². The average Bonchev–Trinajstić information content (AvgIpc) is 2.42. The molecule has 2 rings (SSSR count). The van der Waals surface area contributed by atoms with E-state index in [1.807, 2.05) is 0 Å². The first kappa shape index (κ1) is 14.8. The van der Waals surface area contributed by atoms with Crippen LogP contribution in [0, 0.1) is 17.0 Å². The number of nitro benzene ring substituents is 1. The minimum absolute atomic E-state index is 0.0735. The van der Waals surface area contributed by atoms with E-state index in [1.165, 1.54) is 24.3 Å². The zero-order chi connectivity index (χ0) is 15.6. The Balaban J connectivity index is 2.37. The Morgan fingerprint density at radius 3 is 2.57 bits per heavy atom. The molecule has 0 saturated heterocycles. The van der Waals surface area contributed by atoms with Crippen LogP contribution in [0.1, 0.15) is 15.9 Å². The molecule has 2 aromatic rings. The lowest BCUT2D eigenvalue weighted by Crippen LogP contribution is -2.01. The number of non-ortho nitro benzene ring substituents is 1. The number of carbonyl (C=O) groups is 1. The predicted octanol–water partition coefficient (Wildman–Crippen LogP) is 4.05. The molecule has 108 valence electrons. The van der Waals surface area contributed by atoms with Crippen LogP contribution in [-0.4, -0.2) is 16.0 Å². The third kappa shape index (κ3) is 3.11. The molecule has 0 atom stereocenters. The van der Waals surface area contributed by atoms with Crippen molar-refractivity contribution in [3.63, 3.8) is 0 Å². The first-order chi connectivity index (χ1) is 9.90. The first-order valence-corrected chi connectivity index (χ1v) is 6.22. The van der Waals surface area contributed by atoms with Gasteiger partial charge in [-0.2, -0.15) is 0 Å². The second-order valence-electron chi connectivity index (χ2n) is 4.21. The van der Waals surface area contributed by atoms with Crippen molar-refractivity contribution >= 4 is 23.3 Å². The Morgan fingerprint density at radius 1 is 1.29 bits per heavy atom. The number of hydrogen-bond acceptors (Lipinski definition) is 4. The van der Waals surface area contributed by atoms with Gasteiger partial charge in [0, 0.05) is 17.7 Å². The van der Waals surface area contributed by atoms with E-state index in [-0.39, 0.29) is 22.0 Å². The third-order valence-corrected chi connectivity index (χ3v) is 3.16. The van der Waals surface area contributed by atoms with Crippen molar-refractivity contribution in [2.24, 2.45) is 0 Å². The normalized spacial score (nSPS) is 10.2. The fourth-order valence-electron chi connectivity index (χ4n) is 1.76. The number of benzene rings is 2. The first-order valence-electron chi connectivity index (χ1n) is 5.85. The summed E-state index contributed by atoms with van der Waals surface area (Å²) in [4.78, 5) is 21.1. The molecular weight excluding hydrogens is 298 g/mol. The largest absolute Gasteiger partial charge is 0.478 e. The van der Waals surface area contributed by atoms with Gasteiger partial charge in [-0.1, -0.05) is 17.7 Å². The Kier molecular flexibility index (Phi) is 4.09. The summed E-state index contributed by atoms with van der Waals surface area (Å²) in [5, 5.41) is 19.8. The molecule has 0 unspecified atom stereocenters. The molecule has 7 heteroatoms. The lowest BCUT2D eigenvalue weighted by Gasteiger charge is -2.11. The summed E-state index contributed by atoms with van der Waals surface area (Å²) in [5.41, 5.74) is 0.410. The molecule has 2 aromatic carbocycles. The van der Waals surface area contributed by atoms with Crippen LogP contribution >= 0.6 is 11.6 Å². The molecule has 0 bridgehead atoms. The van der Waals surface area contributed by atoms with Gasteiger partial charge >= 0.3 is 5.97 Å². The van der Waals surface area contributed by atoms with Crippen molar-refractivity contribution in [2.45, 2.75) is 6.92 Å². The van der Waals surface area contributed by atoms with Gasteiger partial charge in [0.15, 0.2) is 0 Å². The van der Waals surface area contributed by atoms with Crippen molar-refractivity contribution in [3.8, 4) is 11.5 Å². The molecular formula is C14H10ClNO5. The molecule has 0 amide bonds. The number of carboxylic acid groups (broad SMARTS) is 1. The molecule has 0 aliphatic carbocycles. The molecule has 0 aromatic heterocycles. The maximum absolute atomic E-state index is 11.1. The van der Waals surface area contributed by atoms with Crippen LogP contribution in [0.4, 0.5) is 5.69 Å². The van der Waals surface area contributed by atoms with Gasteiger partial charge in [-0.25, -0.2) is 4.79 Å². The Labute approximate surface area is 124 Å². The summed E-state index contributed by atoms with van der Waals surface area (Å²) in [7, 11) is 0. The number of nitrogens with zero attached hydrogens (tertiary/aromatic N) is 1. The number of hydrogen-bond donors (Lipinski definition) is 1. The molecule has 1 N–H and O–H groups in total. The van der Waals surface area contributed by atoms with E-state index in [0.717, 1.165) is 0 Å². The second kappa shape index (κ2) is 5.80. The maximum Gasteiger partial charge on any atom is 0.336 e. The molecule has 0 heterocycles. The van der Waals surface area contributed by atoms with Crippen molar-refractivity contribution in [1.82, 2.24) is 0 Å². The van der Waals surface area contributed by atoms with E-state index < -0.39 is 10.9 Å². The summed E-state index contributed by atoms with van der Waals surface area (Å²) in [5.74, 6) is -0.522. The highest BCUT2D eigenvalue weighted by Gasteiger charge is 2.14. The minimum atomic E-state index is -1.06. The Hall–Kier alpha value is -2.60. The van der Waals surface area contributed by atoms with Gasteiger partial charge in [-0.3, -0.25) is 10.1 Å². The summed E-state index contributed by atoms with van der Waals surface area (Å²) >= 11 is 5.93. The van der Waals surface area contributed by atoms with E-state index in [4.69, 9.17) is 21.4 Å². The van der Waals surface area contributed by atoms with Gasteiger partial charge in [-0.05, 0) is 25.1 Å². The van der Waals surface area contributed by atoms with Crippen molar-refractivity contribution in [1.29, 1.82) is 0 Å². The monoisotopic (exact) mass is 307 g/mol. The number of nitro groups is 1. The SMILES string of the molecule is Cc1c(Oc2ccc([N+](=O)[O-])cc2Cl)cccc1C(=O)O. The number of rotatable bonds is 4. The van der Waals surface area contributed by atoms with E-state index >= 15 is 0 Å². The average molecular weight is 308 g/mol. The van der Waals surface area contributed by atoms with Gasteiger partial charge in [0.1, 0.15) is 11.5 Å². The second-order valence-corrected chi connectivity index (χ2v) is 4.61. The van der Waals surface area contributed by atoms with E-state index in [2.05, 4.69) is 0 Å². The third-order valence-electron chi connectivity index (χ3n) is 2.86. The summed E-state index contributed by atoms with van der Waals surface area (Å²) in [6.45, 7) is 1.61.